The zero-order valence-corrected chi connectivity index (χ0v) is 12.4. The Morgan fingerprint density at radius 2 is 1.91 bits per heavy atom. The molecule has 9 heteroatoms. The molecule has 6 nitrogen and oxygen atoms in total. The fraction of sp³-hybridized carbons (Fsp3) is 0.500. The van der Waals surface area contributed by atoms with Gasteiger partial charge in [0.25, 0.3) is 11.9 Å². The summed E-state index contributed by atoms with van der Waals surface area (Å²) in [6.07, 6.45) is -4.76. The van der Waals surface area contributed by atoms with Crippen LogP contribution in [-0.4, -0.2) is 48.6 Å². The lowest BCUT2D eigenvalue weighted by molar-refractivity contribution is -0.546. The number of halogens is 3. The number of fused-ring (bicyclic) bond motifs is 2. The molecule has 3 rings (SSSR count). The van der Waals surface area contributed by atoms with Crippen molar-refractivity contribution in [2.75, 3.05) is 25.5 Å². The monoisotopic (exact) mass is 329 g/mol. The number of likely N-dealkylation sites (N-methyl/N-ethyl adjacent to an activating group) is 2. The van der Waals surface area contributed by atoms with Crippen LogP contribution in [0.4, 0.5) is 18.9 Å². The average Bonchev–Trinajstić information content (AvgIpc) is 2.90. The third-order valence-electron chi connectivity index (χ3n) is 4.84. The van der Waals surface area contributed by atoms with Gasteiger partial charge in [-0.1, -0.05) is 18.2 Å². The summed E-state index contributed by atoms with van der Waals surface area (Å²) in [4.78, 5) is 25.7. The highest BCUT2D eigenvalue weighted by atomic mass is 19.4. The SMILES string of the molecule is CN1C(=O)[C@@]2(c3ccccc31)[C@H]([N+](=O)[O-])[C@@H](C(F)(F)F)CN2C. The van der Waals surface area contributed by atoms with Crippen molar-refractivity contribution in [2.45, 2.75) is 17.8 Å². The maximum atomic E-state index is 13.3. The van der Waals surface area contributed by atoms with E-state index in [9.17, 15) is 28.1 Å². The number of carbonyl (C=O) groups excluding carboxylic acids is 1. The Labute approximate surface area is 129 Å². The van der Waals surface area contributed by atoms with Crippen LogP contribution in [0.15, 0.2) is 24.3 Å². The van der Waals surface area contributed by atoms with Crippen molar-refractivity contribution in [3.05, 3.63) is 39.9 Å². The highest BCUT2D eigenvalue weighted by molar-refractivity contribution is 6.08. The molecule has 0 radical (unpaired) electrons. The molecule has 3 atom stereocenters. The lowest BCUT2D eigenvalue weighted by atomic mass is 9.81. The molecule has 2 aliphatic heterocycles. The minimum absolute atomic E-state index is 0.253. The molecule has 124 valence electrons. The van der Waals surface area contributed by atoms with E-state index in [1.54, 1.807) is 18.2 Å². The number of rotatable bonds is 1. The largest absolute Gasteiger partial charge is 0.399 e. The Morgan fingerprint density at radius 1 is 1.30 bits per heavy atom. The first-order valence-electron chi connectivity index (χ1n) is 6.92. The number of likely N-dealkylation sites (tertiary alicyclic amines) is 1. The first kappa shape index (κ1) is 15.7. The van der Waals surface area contributed by atoms with E-state index < -0.39 is 41.1 Å². The summed E-state index contributed by atoms with van der Waals surface area (Å²) in [5.41, 5.74) is -1.27. The normalized spacial score (nSPS) is 31.0. The van der Waals surface area contributed by atoms with Gasteiger partial charge in [-0.15, -0.1) is 0 Å². The summed E-state index contributed by atoms with van der Waals surface area (Å²) in [6, 6.07) is 4.19. The number of anilines is 1. The molecule has 1 saturated heterocycles. The third-order valence-corrected chi connectivity index (χ3v) is 4.84. The van der Waals surface area contributed by atoms with E-state index in [-0.39, 0.29) is 5.56 Å². The van der Waals surface area contributed by atoms with Gasteiger partial charge in [0, 0.05) is 29.8 Å². The van der Waals surface area contributed by atoms with Crippen LogP contribution >= 0.6 is 0 Å². The minimum atomic E-state index is -4.76. The molecular weight excluding hydrogens is 315 g/mol. The maximum Gasteiger partial charge on any atom is 0.399 e. The minimum Gasteiger partial charge on any atom is -0.313 e. The second-order valence-electron chi connectivity index (χ2n) is 5.91. The fourth-order valence-electron chi connectivity index (χ4n) is 3.86. The van der Waals surface area contributed by atoms with Gasteiger partial charge in [0.15, 0.2) is 5.54 Å². The summed E-state index contributed by atoms with van der Waals surface area (Å²) in [7, 11) is 2.75. The molecule has 0 N–H and O–H groups in total. The number of hydrogen-bond donors (Lipinski definition) is 0. The smallest absolute Gasteiger partial charge is 0.313 e. The lowest BCUT2D eigenvalue weighted by Gasteiger charge is -2.31. The van der Waals surface area contributed by atoms with E-state index in [0.29, 0.717) is 5.69 Å². The molecule has 2 heterocycles. The van der Waals surface area contributed by atoms with Crippen molar-refractivity contribution in [3.63, 3.8) is 0 Å². The van der Waals surface area contributed by atoms with Crippen LogP contribution in [-0.2, 0) is 10.3 Å². The van der Waals surface area contributed by atoms with Gasteiger partial charge in [0.1, 0.15) is 5.92 Å². The molecule has 0 unspecified atom stereocenters. The number of carbonyl (C=O) groups is 1. The first-order chi connectivity index (χ1) is 10.6. The molecule has 0 bridgehead atoms. The van der Waals surface area contributed by atoms with Crippen molar-refractivity contribution in [1.29, 1.82) is 0 Å². The van der Waals surface area contributed by atoms with Gasteiger partial charge in [-0.3, -0.25) is 19.8 Å². The van der Waals surface area contributed by atoms with Gasteiger partial charge in [-0.25, -0.2) is 0 Å². The van der Waals surface area contributed by atoms with E-state index in [4.69, 9.17) is 0 Å². The highest BCUT2D eigenvalue weighted by Crippen LogP contribution is 2.54. The van der Waals surface area contributed by atoms with Crippen LogP contribution in [0.3, 0.4) is 0 Å². The number of para-hydroxylation sites is 1. The van der Waals surface area contributed by atoms with Gasteiger partial charge in [0.2, 0.25) is 0 Å². The Morgan fingerprint density at radius 3 is 2.48 bits per heavy atom. The molecule has 0 aromatic heterocycles. The van der Waals surface area contributed by atoms with E-state index in [1.165, 1.54) is 30.0 Å². The van der Waals surface area contributed by atoms with E-state index in [2.05, 4.69) is 0 Å². The Balaban J connectivity index is 2.28. The zero-order chi connectivity index (χ0) is 17.2. The van der Waals surface area contributed by atoms with Gasteiger partial charge < -0.3 is 4.90 Å². The van der Waals surface area contributed by atoms with Crippen molar-refractivity contribution in [1.82, 2.24) is 4.90 Å². The first-order valence-corrected chi connectivity index (χ1v) is 6.92. The summed E-state index contributed by atoms with van der Waals surface area (Å²) < 4.78 is 40.0. The Hall–Kier alpha value is -2.16. The standard InChI is InChI=1S/C14H14F3N3O3/c1-18-7-9(14(15,16)17)11(20(22)23)13(18)8-5-3-4-6-10(8)19(2)12(13)21/h3-6,9,11H,7H2,1-2H3/t9-,11+,13+/m0/s1. The van der Waals surface area contributed by atoms with Gasteiger partial charge in [-0.2, -0.15) is 13.2 Å². The molecule has 0 saturated carbocycles. The second kappa shape index (κ2) is 4.67. The van der Waals surface area contributed by atoms with Crippen molar-refractivity contribution in [3.8, 4) is 0 Å². The number of amides is 1. The van der Waals surface area contributed by atoms with Crippen LogP contribution < -0.4 is 4.90 Å². The number of hydrogen-bond acceptors (Lipinski definition) is 4. The summed E-state index contributed by atoms with van der Waals surface area (Å²) >= 11 is 0. The van der Waals surface area contributed by atoms with Crippen LogP contribution in [0, 0.1) is 16.0 Å². The topological polar surface area (TPSA) is 66.7 Å². The fourth-order valence-corrected chi connectivity index (χ4v) is 3.86. The molecule has 1 fully saturated rings. The Kier molecular flexibility index (Phi) is 3.19. The second-order valence-corrected chi connectivity index (χ2v) is 5.91. The molecular formula is C14H14F3N3O3. The number of nitrogens with zero attached hydrogens (tertiary/aromatic N) is 3. The summed E-state index contributed by atoms with van der Waals surface area (Å²) in [5, 5.41) is 11.5. The quantitative estimate of drug-likeness (QED) is 0.580. The van der Waals surface area contributed by atoms with Crippen LogP contribution in [0.5, 0.6) is 0 Å². The highest BCUT2D eigenvalue weighted by Gasteiger charge is 2.74. The average molecular weight is 329 g/mol. The number of alkyl halides is 3. The molecule has 1 amide bonds. The summed E-state index contributed by atoms with van der Waals surface area (Å²) in [6.45, 7) is -0.594. The molecule has 1 aromatic carbocycles. The predicted molar refractivity (Wildman–Crippen MR) is 74.5 cm³/mol. The lowest BCUT2D eigenvalue weighted by Crippen LogP contribution is -2.56. The van der Waals surface area contributed by atoms with Crippen molar-refractivity contribution < 1.29 is 22.9 Å². The zero-order valence-electron chi connectivity index (χ0n) is 12.4. The van der Waals surface area contributed by atoms with E-state index >= 15 is 0 Å². The van der Waals surface area contributed by atoms with Crippen LogP contribution in [0.25, 0.3) is 0 Å². The molecule has 1 aromatic rings. The van der Waals surface area contributed by atoms with Gasteiger partial charge in [-0.05, 0) is 13.1 Å². The van der Waals surface area contributed by atoms with Gasteiger partial charge in [0.05, 0.1) is 0 Å². The van der Waals surface area contributed by atoms with Crippen molar-refractivity contribution >= 4 is 11.6 Å². The third kappa shape index (κ3) is 1.82. The van der Waals surface area contributed by atoms with E-state index in [1.807, 2.05) is 0 Å². The number of benzene rings is 1. The van der Waals surface area contributed by atoms with Crippen LogP contribution in [0.1, 0.15) is 5.56 Å². The maximum absolute atomic E-state index is 13.3. The molecule has 23 heavy (non-hydrogen) atoms. The van der Waals surface area contributed by atoms with Gasteiger partial charge >= 0.3 is 6.18 Å². The molecule has 1 spiro atoms. The Bertz CT molecular complexity index is 693. The molecule has 0 aliphatic carbocycles. The van der Waals surface area contributed by atoms with E-state index in [0.717, 1.165) is 0 Å². The molecule has 2 aliphatic rings. The predicted octanol–water partition coefficient (Wildman–Crippen LogP) is 1.63. The van der Waals surface area contributed by atoms with Crippen LogP contribution in [0.2, 0.25) is 0 Å². The summed E-state index contributed by atoms with van der Waals surface area (Å²) in [5.74, 6) is -2.90. The number of nitro groups is 1. The van der Waals surface area contributed by atoms with Crippen molar-refractivity contribution in [2.24, 2.45) is 5.92 Å².